The number of alkyl halides is 2. The molecule has 1 atom stereocenters. The van der Waals surface area contributed by atoms with Gasteiger partial charge in [0.05, 0.1) is 6.54 Å². The molecule has 0 aromatic rings. The van der Waals surface area contributed by atoms with Crippen LogP contribution >= 0.6 is 0 Å². The maximum absolute atomic E-state index is 13.5. The van der Waals surface area contributed by atoms with Crippen LogP contribution in [0.2, 0.25) is 0 Å². The van der Waals surface area contributed by atoms with Gasteiger partial charge in [-0.25, -0.2) is 8.78 Å². The number of carbonyl (C=O) groups is 1. The Morgan fingerprint density at radius 1 is 1.33 bits per heavy atom. The monoisotopic (exact) mass is 218 g/mol. The minimum Gasteiger partial charge on any atom is -0.342 e. The number of nitrogens with one attached hydrogen (secondary N) is 1. The fourth-order valence-corrected chi connectivity index (χ4v) is 2.30. The lowest BCUT2D eigenvalue weighted by Gasteiger charge is -2.33. The quantitative estimate of drug-likeness (QED) is 0.707. The number of hydrogen-bond acceptors (Lipinski definition) is 2. The van der Waals surface area contributed by atoms with E-state index in [9.17, 15) is 13.6 Å². The molecule has 1 unspecified atom stereocenters. The molecule has 2 rings (SSSR count). The van der Waals surface area contributed by atoms with Crippen LogP contribution in [-0.4, -0.2) is 42.9 Å². The number of amides is 1. The van der Waals surface area contributed by atoms with Gasteiger partial charge in [-0.15, -0.1) is 0 Å². The second-order valence-electron chi connectivity index (χ2n) is 4.31. The highest BCUT2D eigenvalue weighted by molar-refractivity contribution is 5.80. The molecule has 0 radical (unpaired) electrons. The summed E-state index contributed by atoms with van der Waals surface area (Å²) in [5.41, 5.74) is 0. The maximum Gasteiger partial charge on any atom is 0.271 e. The van der Waals surface area contributed by atoms with E-state index in [1.807, 2.05) is 0 Å². The maximum atomic E-state index is 13.5. The van der Waals surface area contributed by atoms with E-state index in [4.69, 9.17) is 0 Å². The number of hydrogen-bond donors (Lipinski definition) is 1. The normalized spacial score (nSPS) is 30.5. The highest BCUT2D eigenvalue weighted by Gasteiger charge is 2.47. The zero-order chi connectivity index (χ0) is 10.9. The van der Waals surface area contributed by atoms with E-state index in [1.165, 1.54) is 0 Å². The van der Waals surface area contributed by atoms with Gasteiger partial charge in [-0.2, -0.15) is 0 Å². The van der Waals surface area contributed by atoms with Gasteiger partial charge >= 0.3 is 0 Å². The highest BCUT2D eigenvalue weighted by atomic mass is 19.3. The third-order valence-corrected chi connectivity index (χ3v) is 3.20. The molecule has 1 N–H and O–H groups in total. The van der Waals surface area contributed by atoms with Gasteiger partial charge in [0.2, 0.25) is 5.91 Å². The standard InChI is InChI=1S/C10H16F2N2O/c11-10(12)7-13-4-3-8(10)9(15)14-5-1-2-6-14/h8,13H,1-7H2. The average Bonchev–Trinajstić information content (AvgIpc) is 2.69. The van der Waals surface area contributed by atoms with Crippen LogP contribution < -0.4 is 5.32 Å². The number of halogens is 2. The summed E-state index contributed by atoms with van der Waals surface area (Å²) in [6.45, 7) is 1.45. The largest absolute Gasteiger partial charge is 0.342 e. The smallest absolute Gasteiger partial charge is 0.271 e. The molecule has 15 heavy (non-hydrogen) atoms. The van der Waals surface area contributed by atoms with Gasteiger partial charge in [0.1, 0.15) is 5.92 Å². The van der Waals surface area contributed by atoms with Crippen molar-refractivity contribution in [1.82, 2.24) is 10.2 Å². The van der Waals surface area contributed by atoms with Gasteiger partial charge < -0.3 is 10.2 Å². The number of rotatable bonds is 1. The number of likely N-dealkylation sites (tertiary alicyclic amines) is 1. The van der Waals surface area contributed by atoms with Crippen molar-refractivity contribution in [2.24, 2.45) is 5.92 Å². The summed E-state index contributed by atoms with van der Waals surface area (Å²) in [7, 11) is 0. The molecular weight excluding hydrogens is 202 g/mol. The predicted octanol–water partition coefficient (Wildman–Crippen LogP) is 0.854. The Balaban J connectivity index is 2.04. The molecule has 0 aliphatic carbocycles. The Kier molecular flexibility index (Phi) is 2.91. The van der Waals surface area contributed by atoms with E-state index in [0.717, 1.165) is 12.8 Å². The van der Waals surface area contributed by atoms with E-state index in [-0.39, 0.29) is 18.9 Å². The summed E-state index contributed by atoms with van der Waals surface area (Å²) in [6, 6.07) is 0. The van der Waals surface area contributed by atoms with Crippen molar-refractivity contribution in [2.75, 3.05) is 26.2 Å². The second kappa shape index (κ2) is 4.04. The Labute approximate surface area is 87.8 Å². The van der Waals surface area contributed by atoms with E-state index in [2.05, 4.69) is 5.32 Å². The Bertz CT molecular complexity index is 252. The van der Waals surface area contributed by atoms with Crippen LogP contribution in [0.3, 0.4) is 0 Å². The molecule has 2 heterocycles. The van der Waals surface area contributed by atoms with Crippen molar-refractivity contribution in [1.29, 1.82) is 0 Å². The van der Waals surface area contributed by atoms with Crippen LogP contribution in [0.25, 0.3) is 0 Å². The SMILES string of the molecule is O=C(C1CCNCC1(F)F)N1CCCC1. The minimum atomic E-state index is -2.88. The van der Waals surface area contributed by atoms with E-state index in [0.29, 0.717) is 19.6 Å². The van der Waals surface area contributed by atoms with Crippen LogP contribution in [0, 0.1) is 5.92 Å². The van der Waals surface area contributed by atoms with E-state index < -0.39 is 11.8 Å². The van der Waals surface area contributed by atoms with Crippen LogP contribution in [0.15, 0.2) is 0 Å². The molecule has 1 amide bonds. The van der Waals surface area contributed by atoms with Gasteiger partial charge in [0.15, 0.2) is 0 Å². The lowest BCUT2D eigenvalue weighted by molar-refractivity contribution is -0.152. The molecule has 3 nitrogen and oxygen atoms in total. The number of carbonyl (C=O) groups excluding carboxylic acids is 1. The fraction of sp³-hybridized carbons (Fsp3) is 0.900. The van der Waals surface area contributed by atoms with E-state index in [1.54, 1.807) is 4.90 Å². The van der Waals surface area contributed by atoms with Crippen LogP contribution in [-0.2, 0) is 4.79 Å². The Morgan fingerprint density at radius 2 is 2.00 bits per heavy atom. The van der Waals surface area contributed by atoms with Gasteiger partial charge in [-0.1, -0.05) is 0 Å². The summed E-state index contributed by atoms with van der Waals surface area (Å²) >= 11 is 0. The van der Waals surface area contributed by atoms with Crippen molar-refractivity contribution in [3.8, 4) is 0 Å². The van der Waals surface area contributed by atoms with Crippen LogP contribution in [0.4, 0.5) is 8.78 Å². The molecule has 0 saturated carbocycles. The van der Waals surface area contributed by atoms with Gasteiger partial charge in [0.25, 0.3) is 5.92 Å². The minimum absolute atomic E-state index is 0.252. The molecule has 0 aromatic carbocycles. The number of nitrogens with zero attached hydrogens (tertiary/aromatic N) is 1. The third kappa shape index (κ3) is 2.12. The molecule has 2 aliphatic heterocycles. The van der Waals surface area contributed by atoms with Crippen molar-refractivity contribution in [3.05, 3.63) is 0 Å². The van der Waals surface area contributed by atoms with Gasteiger partial charge in [0, 0.05) is 13.1 Å². The lowest BCUT2D eigenvalue weighted by atomic mass is 9.92. The molecule has 2 saturated heterocycles. The number of piperidine rings is 1. The molecule has 0 bridgehead atoms. The first-order valence-corrected chi connectivity index (χ1v) is 5.48. The van der Waals surface area contributed by atoms with Crippen molar-refractivity contribution in [3.63, 3.8) is 0 Å². The van der Waals surface area contributed by atoms with Crippen molar-refractivity contribution in [2.45, 2.75) is 25.2 Å². The summed E-state index contributed by atoms with van der Waals surface area (Å²) in [5.74, 6) is -4.33. The lowest BCUT2D eigenvalue weighted by Crippen LogP contribution is -2.52. The molecule has 0 spiro atoms. The zero-order valence-electron chi connectivity index (χ0n) is 8.64. The summed E-state index contributed by atoms with van der Waals surface area (Å²) in [4.78, 5) is 13.4. The highest BCUT2D eigenvalue weighted by Crippen LogP contribution is 2.31. The first-order valence-electron chi connectivity index (χ1n) is 5.48. The average molecular weight is 218 g/mol. The topological polar surface area (TPSA) is 32.3 Å². The second-order valence-corrected chi connectivity index (χ2v) is 4.31. The first kappa shape index (κ1) is 10.8. The van der Waals surface area contributed by atoms with Gasteiger partial charge in [-0.05, 0) is 25.8 Å². The van der Waals surface area contributed by atoms with Gasteiger partial charge in [-0.3, -0.25) is 4.79 Å². The van der Waals surface area contributed by atoms with Crippen LogP contribution in [0.1, 0.15) is 19.3 Å². The predicted molar refractivity (Wildman–Crippen MR) is 51.7 cm³/mol. The van der Waals surface area contributed by atoms with Crippen LogP contribution in [0.5, 0.6) is 0 Å². The summed E-state index contributed by atoms with van der Waals surface area (Å²) < 4.78 is 26.9. The van der Waals surface area contributed by atoms with Crippen molar-refractivity contribution < 1.29 is 13.6 Å². The Morgan fingerprint density at radius 3 is 2.60 bits per heavy atom. The Hall–Kier alpha value is -0.710. The summed E-state index contributed by atoms with van der Waals surface area (Å²) in [5, 5.41) is 2.63. The molecule has 2 aliphatic rings. The molecule has 2 fully saturated rings. The molecule has 5 heteroatoms. The summed E-state index contributed by atoms with van der Waals surface area (Å²) in [6.07, 6.45) is 2.15. The fourth-order valence-electron chi connectivity index (χ4n) is 2.30. The van der Waals surface area contributed by atoms with E-state index >= 15 is 0 Å². The molecule has 86 valence electrons. The zero-order valence-corrected chi connectivity index (χ0v) is 8.64. The molecular formula is C10H16F2N2O. The third-order valence-electron chi connectivity index (χ3n) is 3.20. The van der Waals surface area contributed by atoms with Crippen molar-refractivity contribution >= 4 is 5.91 Å². The first-order chi connectivity index (χ1) is 7.11. The molecule has 0 aromatic heterocycles.